The zero-order chi connectivity index (χ0) is 7.56. The van der Waals surface area contributed by atoms with E-state index >= 15 is 0 Å². The Hall–Kier alpha value is -0.610. The van der Waals surface area contributed by atoms with E-state index < -0.39 is 12.1 Å². The summed E-state index contributed by atoms with van der Waals surface area (Å²) in [5.41, 5.74) is 0. The number of β-amino-alcohol motifs (C(OH)–C–C–N with tert-alkyl or cyclic N) is 1. The highest BCUT2D eigenvalue weighted by atomic mass is 16.4. The first-order chi connectivity index (χ1) is 4.70. The summed E-state index contributed by atoms with van der Waals surface area (Å²) in [5.74, 6) is -1.13. The van der Waals surface area contributed by atoms with Crippen molar-refractivity contribution in [3.63, 3.8) is 0 Å². The van der Waals surface area contributed by atoms with E-state index in [1.54, 1.807) is 0 Å². The highest BCUT2D eigenvalue weighted by Crippen LogP contribution is 2.05. The van der Waals surface area contributed by atoms with Crippen molar-refractivity contribution in [1.82, 2.24) is 4.90 Å². The number of nitrogens with zero attached hydrogens (tertiary/aromatic N) is 1. The Balaban J connectivity index is 2.16. The van der Waals surface area contributed by atoms with Gasteiger partial charge >= 0.3 is 5.97 Å². The molecule has 58 valence electrons. The summed E-state index contributed by atoms with van der Waals surface area (Å²) in [7, 11) is 0. The number of carbonyl (C=O) groups is 1. The van der Waals surface area contributed by atoms with Crippen LogP contribution in [0.5, 0.6) is 0 Å². The Morgan fingerprint density at radius 1 is 1.60 bits per heavy atom. The van der Waals surface area contributed by atoms with E-state index in [0.29, 0.717) is 0 Å². The predicted molar refractivity (Wildman–Crippen MR) is 34.7 cm³/mol. The molecule has 1 saturated heterocycles. The summed E-state index contributed by atoms with van der Waals surface area (Å²) in [5, 5.41) is 17.1. The maximum absolute atomic E-state index is 10.1. The average Bonchev–Trinajstić information content (AvgIpc) is 1.77. The molecule has 1 rings (SSSR count). The third-order valence-corrected chi connectivity index (χ3v) is 1.66. The van der Waals surface area contributed by atoms with Crippen LogP contribution in [0.1, 0.15) is 6.42 Å². The molecular formula is C6H11NO3. The molecule has 4 heteroatoms. The van der Waals surface area contributed by atoms with E-state index in [1.165, 1.54) is 0 Å². The average molecular weight is 145 g/mol. The van der Waals surface area contributed by atoms with Crippen molar-refractivity contribution in [3.8, 4) is 0 Å². The fraction of sp³-hybridized carbons (Fsp3) is 0.833. The van der Waals surface area contributed by atoms with Gasteiger partial charge in [-0.15, -0.1) is 0 Å². The second-order valence-electron chi connectivity index (χ2n) is 2.51. The van der Waals surface area contributed by atoms with Gasteiger partial charge in [0.05, 0.1) is 0 Å². The van der Waals surface area contributed by atoms with Crippen LogP contribution < -0.4 is 0 Å². The van der Waals surface area contributed by atoms with Crippen molar-refractivity contribution in [1.29, 1.82) is 0 Å². The predicted octanol–water partition coefficient (Wildman–Crippen LogP) is -0.862. The van der Waals surface area contributed by atoms with Gasteiger partial charge in [0, 0.05) is 6.54 Å². The maximum atomic E-state index is 10.1. The van der Waals surface area contributed by atoms with E-state index in [0.717, 1.165) is 19.5 Å². The third kappa shape index (κ3) is 1.68. The molecule has 0 amide bonds. The lowest BCUT2D eigenvalue weighted by atomic mass is 10.2. The molecule has 10 heavy (non-hydrogen) atoms. The summed E-state index contributed by atoms with van der Waals surface area (Å²) in [6.07, 6.45) is -0.0907. The van der Waals surface area contributed by atoms with E-state index in [-0.39, 0.29) is 6.54 Å². The monoisotopic (exact) mass is 145 g/mol. The second-order valence-corrected chi connectivity index (χ2v) is 2.51. The van der Waals surface area contributed by atoms with E-state index in [1.807, 2.05) is 4.90 Å². The summed E-state index contributed by atoms with van der Waals surface area (Å²) in [6, 6.07) is 0. The zero-order valence-corrected chi connectivity index (χ0v) is 5.66. The molecule has 1 aliphatic heterocycles. The molecule has 0 spiro atoms. The molecule has 1 unspecified atom stereocenters. The van der Waals surface area contributed by atoms with Gasteiger partial charge < -0.3 is 15.1 Å². The zero-order valence-electron chi connectivity index (χ0n) is 5.66. The first-order valence-electron chi connectivity index (χ1n) is 3.33. The molecule has 2 N–H and O–H groups in total. The Labute approximate surface area is 59.1 Å². The minimum absolute atomic E-state index is 0.273. The largest absolute Gasteiger partial charge is 0.479 e. The van der Waals surface area contributed by atoms with Crippen LogP contribution in [0.3, 0.4) is 0 Å². The Bertz CT molecular complexity index is 133. The van der Waals surface area contributed by atoms with Crippen LogP contribution >= 0.6 is 0 Å². The van der Waals surface area contributed by atoms with Crippen LogP contribution in [0.25, 0.3) is 0 Å². The van der Waals surface area contributed by atoms with Gasteiger partial charge in [0.1, 0.15) is 0 Å². The number of aliphatic carboxylic acids is 1. The number of hydrogen-bond donors (Lipinski definition) is 2. The summed E-state index contributed by atoms with van der Waals surface area (Å²) in [4.78, 5) is 12.0. The van der Waals surface area contributed by atoms with Gasteiger partial charge in [-0.05, 0) is 19.5 Å². The van der Waals surface area contributed by atoms with Crippen molar-refractivity contribution in [2.75, 3.05) is 19.6 Å². The maximum Gasteiger partial charge on any atom is 0.333 e. The van der Waals surface area contributed by atoms with Gasteiger partial charge in [0.2, 0.25) is 0 Å². The molecule has 0 bridgehead atoms. The molecule has 0 aromatic carbocycles. The minimum atomic E-state index is -1.21. The van der Waals surface area contributed by atoms with Crippen LogP contribution in [0, 0.1) is 0 Å². The van der Waals surface area contributed by atoms with Crippen molar-refractivity contribution in [2.24, 2.45) is 0 Å². The standard InChI is InChI=1S/C6H11NO3/c8-5(6(9)10)4-7-2-1-3-7/h5,8H,1-4H2,(H,9,10). The summed E-state index contributed by atoms with van der Waals surface area (Å²) in [6.45, 7) is 2.12. The first-order valence-corrected chi connectivity index (χ1v) is 3.33. The Kier molecular flexibility index (Phi) is 2.24. The van der Waals surface area contributed by atoms with Gasteiger partial charge in [-0.2, -0.15) is 0 Å². The van der Waals surface area contributed by atoms with Gasteiger partial charge in [0.25, 0.3) is 0 Å². The molecule has 0 radical (unpaired) electrons. The molecule has 0 aromatic rings. The van der Waals surface area contributed by atoms with E-state index in [4.69, 9.17) is 10.2 Å². The first kappa shape index (κ1) is 7.50. The van der Waals surface area contributed by atoms with E-state index in [9.17, 15) is 4.79 Å². The van der Waals surface area contributed by atoms with Crippen molar-refractivity contribution in [2.45, 2.75) is 12.5 Å². The lowest BCUT2D eigenvalue weighted by Crippen LogP contribution is -2.44. The Morgan fingerprint density at radius 3 is 2.50 bits per heavy atom. The number of aliphatic hydroxyl groups is 1. The number of carboxylic acid groups (broad SMARTS) is 1. The minimum Gasteiger partial charge on any atom is -0.479 e. The van der Waals surface area contributed by atoms with Crippen LogP contribution in [0.15, 0.2) is 0 Å². The fourth-order valence-corrected chi connectivity index (χ4v) is 0.887. The number of likely N-dealkylation sites (tertiary alicyclic amines) is 1. The lowest BCUT2D eigenvalue weighted by molar-refractivity contribution is -0.148. The van der Waals surface area contributed by atoms with Gasteiger partial charge in [-0.25, -0.2) is 4.79 Å². The fourth-order valence-electron chi connectivity index (χ4n) is 0.887. The third-order valence-electron chi connectivity index (χ3n) is 1.66. The molecule has 1 heterocycles. The van der Waals surface area contributed by atoms with Gasteiger partial charge in [0.15, 0.2) is 6.10 Å². The molecule has 1 aliphatic rings. The Morgan fingerprint density at radius 2 is 2.20 bits per heavy atom. The normalized spacial score (nSPS) is 21.7. The summed E-state index contributed by atoms with van der Waals surface area (Å²) < 4.78 is 0. The SMILES string of the molecule is O=C(O)C(O)CN1CCC1. The highest BCUT2D eigenvalue weighted by Gasteiger charge is 2.21. The van der Waals surface area contributed by atoms with Crippen molar-refractivity contribution >= 4 is 5.97 Å². The van der Waals surface area contributed by atoms with Gasteiger partial charge in [-0.3, -0.25) is 0 Å². The van der Waals surface area contributed by atoms with Gasteiger partial charge in [-0.1, -0.05) is 0 Å². The van der Waals surface area contributed by atoms with Crippen LogP contribution in [-0.2, 0) is 4.79 Å². The quantitative estimate of drug-likeness (QED) is 0.542. The van der Waals surface area contributed by atoms with Crippen LogP contribution in [-0.4, -0.2) is 46.8 Å². The van der Waals surface area contributed by atoms with Crippen molar-refractivity contribution < 1.29 is 15.0 Å². The van der Waals surface area contributed by atoms with Crippen molar-refractivity contribution in [3.05, 3.63) is 0 Å². The molecule has 4 nitrogen and oxygen atoms in total. The lowest BCUT2D eigenvalue weighted by Gasteiger charge is -2.31. The number of rotatable bonds is 3. The summed E-state index contributed by atoms with van der Waals surface area (Å²) >= 11 is 0. The molecule has 1 atom stereocenters. The molecule has 1 fully saturated rings. The highest BCUT2D eigenvalue weighted by molar-refractivity contribution is 5.72. The smallest absolute Gasteiger partial charge is 0.333 e. The second kappa shape index (κ2) is 2.98. The van der Waals surface area contributed by atoms with Crippen LogP contribution in [0.4, 0.5) is 0 Å². The molecule has 0 aromatic heterocycles. The number of carboxylic acids is 1. The number of hydrogen-bond acceptors (Lipinski definition) is 3. The molecule has 0 aliphatic carbocycles. The van der Waals surface area contributed by atoms with E-state index in [2.05, 4.69) is 0 Å². The molecule has 0 saturated carbocycles. The topological polar surface area (TPSA) is 60.8 Å². The molecular weight excluding hydrogens is 134 g/mol. The van der Waals surface area contributed by atoms with Crippen LogP contribution in [0.2, 0.25) is 0 Å². The number of aliphatic hydroxyl groups excluding tert-OH is 1.